The van der Waals surface area contributed by atoms with Crippen LogP contribution in [0.15, 0.2) is 22.7 Å². The average molecular weight is 767 g/mol. The zero-order valence-electron chi connectivity index (χ0n) is 34.4. The van der Waals surface area contributed by atoms with E-state index in [9.17, 15) is 19.2 Å². The molecule has 1 aliphatic carbocycles. The van der Waals surface area contributed by atoms with Gasteiger partial charge < -0.3 is 50.8 Å². The maximum absolute atomic E-state index is 12.6. The summed E-state index contributed by atoms with van der Waals surface area (Å²) in [6.45, 7) is 16.2. The monoisotopic (exact) mass is 767 g/mol. The fraction of sp³-hybridized carbons (Fsp3) is 0.800. The fourth-order valence-corrected chi connectivity index (χ4v) is 5.49. The molecule has 0 bridgehead atoms. The van der Waals surface area contributed by atoms with E-state index in [1.54, 1.807) is 0 Å². The molecule has 312 valence electrons. The van der Waals surface area contributed by atoms with E-state index in [0.29, 0.717) is 52.6 Å². The van der Waals surface area contributed by atoms with Gasteiger partial charge in [-0.1, -0.05) is 38.5 Å². The molecule has 1 saturated carbocycles. The van der Waals surface area contributed by atoms with E-state index in [0.717, 1.165) is 125 Å². The van der Waals surface area contributed by atoms with E-state index < -0.39 is 0 Å². The SMILES string of the molecule is CC(C)=C(C)OCCCCOC(=O)NCCCCCCNC(=O)N[C@@H]1CCCC[C@H]1NC(=O)NCCCCCCNC(=O)OCCCCOC(C)=C(C)C. The van der Waals surface area contributed by atoms with Gasteiger partial charge in [-0.05, 0) is 117 Å². The van der Waals surface area contributed by atoms with Gasteiger partial charge in [-0.15, -0.1) is 0 Å². The van der Waals surface area contributed by atoms with Gasteiger partial charge in [0.1, 0.15) is 0 Å². The van der Waals surface area contributed by atoms with Crippen LogP contribution in [0.1, 0.15) is 144 Å². The topological polar surface area (TPSA) is 177 Å². The number of hydrogen-bond donors (Lipinski definition) is 6. The summed E-state index contributed by atoms with van der Waals surface area (Å²) < 4.78 is 21.6. The van der Waals surface area contributed by atoms with Crippen molar-refractivity contribution in [2.24, 2.45) is 0 Å². The summed E-state index contributed by atoms with van der Waals surface area (Å²) in [7, 11) is 0. The summed E-state index contributed by atoms with van der Waals surface area (Å²) in [4.78, 5) is 48.8. The van der Waals surface area contributed by atoms with Gasteiger partial charge in [0.25, 0.3) is 0 Å². The number of urea groups is 2. The third-order valence-electron chi connectivity index (χ3n) is 9.30. The predicted octanol–water partition coefficient (Wildman–Crippen LogP) is 7.69. The summed E-state index contributed by atoms with van der Waals surface area (Å²) in [5.74, 6) is 1.89. The van der Waals surface area contributed by atoms with Crippen LogP contribution in [0.3, 0.4) is 0 Å². The van der Waals surface area contributed by atoms with Crippen LogP contribution in [0, 0.1) is 0 Å². The minimum atomic E-state index is -0.389. The highest BCUT2D eigenvalue weighted by molar-refractivity contribution is 5.76. The standard InChI is InChI=1S/C40H74N6O8/c1-31(2)33(5)51-27-17-19-29-53-39(49)43-25-15-9-7-13-23-41-37(47)45-35-21-11-12-22-36(35)46-38(48)42-24-14-8-10-16-26-44-40(50)54-30-20-18-28-52-34(6)32(3)4/h35-36H,7-30H2,1-6H3,(H,43,49)(H,44,50)(H2,41,45,47)(H2,42,46,48)/t35-,36-/m1/s1. The van der Waals surface area contributed by atoms with Gasteiger partial charge in [0.15, 0.2) is 0 Å². The largest absolute Gasteiger partial charge is 0.498 e. The van der Waals surface area contributed by atoms with E-state index in [1.165, 1.54) is 0 Å². The van der Waals surface area contributed by atoms with Crippen LogP contribution in [0.4, 0.5) is 19.2 Å². The first-order valence-electron chi connectivity index (χ1n) is 20.4. The molecule has 1 aliphatic rings. The zero-order chi connectivity index (χ0) is 39.8. The molecule has 14 nitrogen and oxygen atoms in total. The molecule has 1 fully saturated rings. The van der Waals surface area contributed by atoms with Crippen LogP contribution in [-0.4, -0.2) is 88.9 Å². The highest BCUT2D eigenvalue weighted by Crippen LogP contribution is 2.18. The van der Waals surface area contributed by atoms with Crippen LogP contribution in [0.2, 0.25) is 0 Å². The van der Waals surface area contributed by atoms with E-state index in [2.05, 4.69) is 31.9 Å². The second kappa shape index (κ2) is 31.5. The lowest BCUT2D eigenvalue weighted by Crippen LogP contribution is -2.56. The number of unbranched alkanes of at least 4 members (excludes halogenated alkanes) is 8. The van der Waals surface area contributed by atoms with Crippen LogP contribution in [0.25, 0.3) is 0 Å². The molecule has 0 spiro atoms. The van der Waals surface area contributed by atoms with Gasteiger partial charge in [0.05, 0.1) is 50.0 Å². The van der Waals surface area contributed by atoms with E-state index in [4.69, 9.17) is 18.9 Å². The summed E-state index contributed by atoms with van der Waals surface area (Å²) in [6.07, 6.45) is 13.2. The third kappa shape index (κ3) is 26.9. The Kier molecular flexibility index (Phi) is 28.1. The van der Waals surface area contributed by atoms with Crippen molar-refractivity contribution in [1.82, 2.24) is 31.9 Å². The molecule has 0 aliphatic heterocycles. The van der Waals surface area contributed by atoms with Crippen molar-refractivity contribution in [3.8, 4) is 0 Å². The van der Waals surface area contributed by atoms with Crippen molar-refractivity contribution < 1.29 is 38.1 Å². The molecule has 0 saturated heterocycles. The molecule has 0 unspecified atom stereocenters. The third-order valence-corrected chi connectivity index (χ3v) is 9.30. The highest BCUT2D eigenvalue weighted by Gasteiger charge is 2.27. The quantitative estimate of drug-likeness (QED) is 0.0347. The Labute approximate surface area is 325 Å². The second-order valence-electron chi connectivity index (χ2n) is 14.5. The predicted molar refractivity (Wildman–Crippen MR) is 213 cm³/mol. The Hall–Kier alpha value is -3.84. The van der Waals surface area contributed by atoms with Crippen molar-refractivity contribution in [2.45, 2.75) is 156 Å². The number of amides is 6. The molecule has 0 aromatic carbocycles. The maximum Gasteiger partial charge on any atom is 0.407 e. The molecule has 54 heavy (non-hydrogen) atoms. The number of hydrogen-bond acceptors (Lipinski definition) is 8. The van der Waals surface area contributed by atoms with Crippen LogP contribution in [-0.2, 0) is 18.9 Å². The molecular formula is C40H74N6O8. The van der Waals surface area contributed by atoms with Crippen LogP contribution < -0.4 is 31.9 Å². The lowest BCUT2D eigenvalue weighted by molar-refractivity contribution is 0.136. The van der Waals surface area contributed by atoms with Gasteiger partial charge in [-0.3, -0.25) is 0 Å². The lowest BCUT2D eigenvalue weighted by atomic mass is 9.90. The normalized spacial score (nSPS) is 14.9. The van der Waals surface area contributed by atoms with E-state index in [1.807, 2.05) is 41.5 Å². The Morgan fingerprint density at radius 3 is 1.07 bits per heavy atom. The Morgan fingerprint density at radius 1 is 0.426 bits per heavy atom. The van der Waals surface area contributed by atoms with Gasteiger partial charge >= 0.3 is 24.2 Å². The summed E-state index contributed by atoms with van der Waals surface area (Å²) in [6, 6.07) is -0.646. The molecule has 6 amide bonds. The molecule has 2 atom stereocenters. The number of rotatable bonds is 28. The number of nitrogens with one attached hydrogen (secondary N) is 6. The Balaban J connectivity index is 2.02. The molecule has 0 aromatic heterocycles. The van der Waals surface area contributed by atoms with Gasteiger partial charge in [0, 0.05) is 26.2 Å². The minimum Gasteiger partial charge on any atom is -0.498 e. The minimum absolute atomic E-state index is 0.111. The number of allylic oxidation sites excluding steroid dienone is 4. The van der Waals surface area contributed by atoms with Crippen LogP contribution >= 0.6 is 0 Å². The van der Waals surface area contributed by atoms with Gasteiger partial charge in [-0.25, -0.2) is 19.2 Å². The molecule has 14 heteroatoms. The summed E-state index contributed by atoms with van der Waals surface area (Å²) in [5, 5.41) is 17.6. The van der Waals surface area contributed by atoms with Crippen LogP contribution in [0.5, 0.6) is 0 Å². The first kappa shape index (κ1) is 48.2. The first-order valence-corrected chi connectivity index (χ1v) is 20.4. The van der Waals surface area contributed by atoms with Crippen molar-refractivity contribution in [1.29, 1.82) is 0 Å². The van der Waals surface area contributed by atoms with Crippen molar-refractivity contribution in [3.63, 3.8) is 0 Å². The van der Waals surface area contributed by atoms with Crippen molar-refractivity contribution in [2.75, 3.05) is 52.6 Å². The Morgan fingerprint density at radius 2 is 0.741 bits per heavy atom. The number of carbonyl (C=O) groups is 4. The zero-order valence-corrected chi connectivity index (χ0v) is 34.4. The Bertz CT molecular complexity index is 1040. The molecule has 0 radical (unpaired) electrons. The van der Waals surface area contributed by atoms with Crippen molar-refractivity contribution >= 4 is 24.2 Å². The lowest BCUT2D eigenvalue weighted by Gasteiger charge is -2.32. The van der Waals surface area contributed by atoms with E-state index >= 15 is 0 Å². The van der Waals surface area contributed by atoms with Gasteiger partial charge in [-0.2, -0.15) is 0 Å². The molecule has 0 aromatic rings. The number of ether oxygens (including phenoxy) is 4. The van der Waals surface area contributed by atoms with E-state index in [-0.39, 0.29) is 36.3 Å². The second-order valence-corrected chi connectivity index (χ2v) is 14.5. The summed E-state index contributed by atoms with van der Waals surface area (Å²) >= 11 is 0. The molecule has 6 N–H and O–H groups in total. The highest BCUT2D eigenvalue weighted by atomic mass is 16.6. The van der Waals surface area contributed by atoms with Crippen molar-refractivity contribution in [3.05, 3.63) is 22.7 Å². The van der Waals surface area contributed by atoms with Gasteiger partial charge in [0.2, 0.25) is 0 Å². The smallest absolute Gasteiger partial charge is 0.407 e. The average Bonchev–Trinajstić information content (AvgIpc) is 3.13. The molecule has 0 heterocycles. The number of alkyl carbamates (subject to hydrolysis) is 2. The molecular weight excluding hydrogens is 692 g/mol. The first-order chi connectivity index (χ1) is 26.0. The summed E-state index contributed by atoms with van der Waals surface area (Å²) in [5.41, 5.74) is 2.33. The number of carbonyl (C=O) groups excluding carboxylic acids is 4. The maximum atomic E-state index is 12.6. The fourth-order valence-electron chi connectivity index (χ4n) is 5.49. The molecule has 1 rings (SSSR count).